The summed E-state index contributed by atoms with van der Waals surface area (Å²) < 4.78 is 16.0. The summed E-state index contributed by atoms with van der Waals surface area (Å²) in [6.45, 7) is 7.82. The Morgan fingerprint density at radius 3 is 2.12 bits per heavy atom. The molecular weight excluding hydrogens is 332 g/mol. The fourth-order valence-corrected chi connectivity index (χ4v) is 2.69. The Morgan fingerprint density at radius 2 is 1.58 bits per heavy atom. The smallest absolute Gasteiger partial charge is 0.316 e. The number of rotatable bonds is 13. The molecule has 1 unspecified atom stereocenters. The molecule has 0 bridgehead atoms. The van der Waals surface area contributed by atoms with Crippen LogP contribution in [0.4, 0.5) is 0 Å². The van der Waals surface area contributed by atoms with Crippen LogP contribution >= 0.6 is 0 Å². The monoisotopic (exact) mass is 364 g/mol. The number of carbonyl (C=O) groups is 2. The molecule has 1 aromatic carbocycles. The van der Waals surface area contributed by atoms with E-state index in [0.717, 1.165) is 19.3 Å². The van der Waals surface area contributed by atoms with Gasteiger partial charge in [-0.05, 0) is 52.5 Å². The van der Waals surface area contributed by atoms with E-state index in [-0.39, 0.29) is 11.9 Å². The second-order valence-electron chi connectivity index (χ2n) is 6.41. The van der Waals surface area contributed by atoms with Gasteiger partial charge in [0.25, 0.3) is 0 Å². The average Bonchev–Trinajstić information content (AvgIpc) is 2.61. The van der Waals surface area contributed by atoms with Crippen molar-refractivity contribution in [2.45, 2.75) is 65.8 Å². The van der Waals surface area contributed by atoms with Crippen LogP contribution in [-0.4, -0.2) is 37.4 Å². The maximum Gasteiger partial charge on any atom is 0.316 e. The van der Waals surface area contributed by atoms with E-state index < -0.39 is 18.2 Å². The van der Waals surface area contributed by atoms with Crippen LogP contribution in [0.1, 0.15) is 52.5 Å². The van der Waals surface area contributed by atoms with Crippen molar-refractivity contribution in [3.05, 3.63) is 35.9 Å². The Kier molecular flexibility index (Phi) is 10.8. The van der Waals surface area contributed by atoms with E-state index in [1.807, 2.05) is 18.2 Å². The van der Waals surface area contributed by atoms with Gasteiger partial charge in [0, 0.05) is 13.2 Å². The molecule has 0 saturated heterocycles. The van der Waals surface area contributed by atoms with Gasteiger partial charge in [0.2, 0.25) is 12.1 Å². The van der Waals surface area contributed by atoms with Gasteiger partial charge in [0.05, 0.1) is 6.10 Å². The highest BCUT2D eigenvalue weighted by atomic mass is 16.7. The van der Waals surface area contributed by atoms with Gasteiger partial charge in [-0.15, -0.1) is 0 Å². The number of benzene rings is 1. The summed E-state index contributed by atoms with van der Waals surface area (Å²) in [5.41, 5.74) is 1.25. The second-order valence-corrected chi connectivity index (χ2v) is 6.41. The van der Waals surface area contributed by atoms with Crippen molar-refractivity contribution in [2.75, 3.05) is 13.2 Å². The standard InChI is InChI=1S/C21H32O5/c1-5-24-21(25-6-2)19(22)18(20(23)26-16(3)4)15-11-10-14-17-12-8-7-9-13-17/h7-9,12-13,16,18,21H,5-6,10-11,14-15H2,1-4H3. The van der Waals surface area contributed by atoms with E-state index in [1.54, 1.807) is 27.7 Å². The molecule has 0 N–H and O–H groups in total. The number of esters is 1. The van der Waals surface area contributed by atoms with E-state index in [0.29, 0.717) is 19.6 Å². The molecule has 5 nitrogen and oxygen atoms in total. The first-order valence-electron chi connectivity index (χ1n) is 9.50. The molecular formula is C21H32O5. The number of Topliss-reactive ketones (excluding diaryl/α,β-unsaturated/α-hetero) is 1. The lowest BCUT2D eigenvalue weighted by Crippen LogP contribution is -2.38. The maximum absolute atomic E-state index is 12.8. The number of carbonyl (C=O) groups excluding carboxylic acids is 2. The van der Waals surface area contributed by atoms with Gasteiger partial charge in [-0.25, -0.2) is 0 Å². The molecule has 26 heavy (non-hydrogen) atoms. The number of unbranched alkanes of at least 4 members (excludes halogenated alkanes) is 1. The molecule has 0 saturated carbocycles. The van der Waals surface area contributed by atoms with E-state index >= 15 is 0 Å². The topological polar surface area (TPSA) is 61.8 Å². The number of aryl methyl sites for hydroxylation is 1. The van der Waals surface area contributed by atoms with Crippen molar-refractivity contribution < 1.29 is 23.8 Å². The van der Waals surface area contributed by atoms with Crippen molar-refractivity contribution in [2.24, 2.45) is 5.92 Å². The van der Waals surface area contributed by atoms with Gasteiger partial charge in [0.1, 0.15) is 5.92 Å². The zero-order valence-electron chi connectivity index (χ0n) is 16.4. The van der Waals surface area contributed by atoms with E-state index in [2.05, 4.69) is 12.1 Å². The van der Waals surface area contributed by atoms with Crippen LogP contribution < -0.4 is 0 Å². The quantitative estimate of drug-likeness (QED) is 0.230. The second kappa shape index (κ2) is 12.6. The van der Waals surface area contributed by atoms with Gasteiger partial charge in [-0.1, -0.05) is 36.8 Å². The van der Waals surface area contributed by atoms with Crippen LogP contribution in [-0.2, 0) is 30.2 Å². The lowest BCUT2D eigenvalue weighted by Gasteiger charge is -2.22. The summed E-state index contributed by atoms with van der Waals surface area (Å²) in [5, 5.41) is 0. The predicted octanol–water partition coefficient (Wildman–Crippen LogP) is 3.94. The van der Waals surface area contributed by atoms with Gasteiger partial charge in [-0.3, -0.25) is 9.59 Å². The number of hydrogen-bond donors (Lipinski definition) is 0. The zero-order valence-corrected chi connectivity index (χ0v) is 16.4. The third-order valence-corrected chi connectivity index (χ3v) is 3.90. The molecule has 1 rings (SSSR count). The van der Waals surface area contributed by atoms with E-state index in [1.165, 1.54) is 5.56 Å². The maximum atomic E-state index is 12.8. The van der Waals surface area contributed by atoms with Gasteiger partial charge in [0.15, 0.2) is 0 Å². The predicted molar refractivity (Wildman–Crippen MR) is 101 cm³/mol. The molecule has 0 heterocycles. The fourth-order valence-electron chi connectivity index (χ4n) is 2.69. The van der Waals surface area contributed by atoms with Crippen LogP contribution in [0.2, 0.25) is 0 Å². The highest BCUT2D eigenvalue weighted by Crippen LogP contribution is 2.18. The molecule has 5 heteroatoms. The molecule has 146 valence electrons. The van der Waals surface area contributed by atoms with Gasteiger partial charge in [-0.2, -0.15) is 0 Å². The summed E-state index contributed by atoms with van der Waals surface area (Å²) >= 11 is 0. The van der Waals surface area contributed by atoms with Gasteiger partial charge >= 0.3 is 5.97 Å². The molecule has 0 radical (unpaired) electrons. The van der Waals surface area contributed by atoms with Crippen molar-refractivity contribution in [3.63, 3.8) is 0 Å². The Bertz CT molecular complexity index is 520. The molecule has 0 aromatic heterocycles. The summed E-state index contributed by atoms with van der Waals surface area (Å²) in [5.74, 6) is -1.69. The Hall–Kier alpha value is -1.72. The van der Waals surface area contributed by atoms with Crippen LogP contribution in [0.5, 0.6) is 0 Å². The minimum atomic E-state index is -1.01. The molecule has 0 spiro atoms. The van der Waals surface area contributed by atoms with Crippen molar-refractivity contribution in [1.29, 1.82) is 0 Å². The number of ether oxygens (including phenoxy) is 3. The van der Waals surface area contributed by atoms with Crippen LogP contribution in [0.15, 0.2) is 30.3 Å². The summed E-state index contributed by atoms with van der Waals surface area (Å²) in [6, 6.07) is 10.2. The zero-order chi connectivity index (χ0) is 19.4. The highest BCUT2D eigenvalue weighted by Gasteiger charge is 2.34. The minimum Gasteiger partial charge on any atom is -0.462 e. The van der Waals surface area contributed by atoms with Crippen molar-refractivity contribution in [3.8, 4) is 0 Å². The third kappa shape index (κ3) is 8.11. The van der Waals surface area contributed by atoms with Crippen LogP contribution in [0.3, 0.4) is 0 Å². The fraction of sp³-hybridized carbons (Fsp3) is 0.619. The molecule has 0 aliphatic carbocycles. The Labute approximate surface area is 157 Å². The van der Waals surface area contributed by atoms with Gasteiger partial charge < -0.3 is 14.2 Å². The molecule has 0 aliphatic rings. The first-order chi connectivity index (χ1) is 12.5. The highest BCUT2D eigenvalue weighted by molar-refractivity contribution is 6.00. The normalized spacial score (nSPS) is 12.4. The molecule has 0 amide bonds. The molecule has 1 aromatic rings. The average molecular weight is 364 g/mol. The first-order valence-corrected chi connectivity index (χ1v) is 9.50. The molecule has 0 fully saturated rings. The van der Waals surface area contributed by atoms with E-state index in [9.17, 15) is 9.59 Å². The molecule has 1 atom stereocenters. The number of hydrogen-bond acceptors (Lipinski definition) is 5. The Balaban J connectivity index is 2.67. The largest absolute Gasteiger partial charge is 0.462 e. The lowest BCUT2D eigenvalue weighted by atomic mass is 9.95. The van der Waals surface area contributed by atoms with Crippen molar-refractivity contribution >= 4 is 11.8 Å². The van der Waals surface area contributed by atoms with Crippen LogP contribution in [0.25, 0.3) is 0 Å². The first kappa shape index (κ1) is 22.3. The van der Waals surface area contributed by atoms with E-state index in [4.69, 9.17) is 14.2 Å². The molecule has 0 aliphatic heterocycles. The Morgan fingerprint density at radius 1 is 0.962 bits per heavy atom. The lowest BCUT2D eigenvalue weighted by molar-refractivity contribution is -0.178. The van der Waals surface area contributed by atoms with Crippen molar-refractivity contribution in [1.82, 2.24) is 0 Å². The number of ketones is 1. The minimum absolute atomic E-state index is 0.264. The summed E-state index contributed by atoms with van der Waals surface area (Å²) in [6.07, 6.45) is 1.73. The SMILES string of the molecule is CCOC(OCC)C(=O)C(CCCCc1ccccc1)C(=O)OC(C)C. The summed E-state index contributed by atoms with van der Waals surface area (Å²) in [4.78, 5) is 25.2. The third-order valence-electron chi connectivity index (χ3n) is 3.90. The van der Waals surface area contributed by atoms with Crippen LogP contribution in [0, 0.1) is 5.92 Å². The summed E-state index contributed by atoms with van der Waals surface area (Å²) in [7, 11) is 0.